The summed E-state index contributed by atoms with van der Waals surface area (Å²) in [6, 6.07) is 6.55. The van der Waals surface area contributed by atoms with Crippen molar-refractivity contribution in [2.75, 3.05) is 48.3 Å². The summed E-state index contributed by atoms with van der Waals surface area (Å²) in [6.45, 7) is 13.5. The maximum atomic E-state index is 14.2. The molecule has 4 N–H and O–H groups in total. The van der Waals surface area contributed by atoms with Crippen LogP contribution in [0.15, 0.2) is 29.4 Å². The van der Waals surface area contributed by atoms with Crippen LogP contribution < -0.4 is 4.74 Å². The fraction of sp³-hybridized carbons (Fsp3) is 0.786. The van der Waals surface area contributed by atoms with Gasteiger partial charge in [0.25, 0.3) is 0 Å². The van der Waals surface area contributed by atoms with Crippen molar-refractivity contribution in [3.8, 4) is 5.75 Å². The Morgan fingerprint density at radius 2 is 1.66 bits per heavy atom. The van der Waals surface area contributed by atoms with Gasteiger partial charge in [0.05, 0.1) is 62.3 Å². The van der Waals surface area contributed by atoms with E-state index < -0.39 is 83.6 Å². The van der Waals surface area contributed by atoms with Crippen LogP contribution in [0, 0.1) is 23.7 Å². The van der Waals surface area contributed by atoms with Crippen LogP contribution >= 0.6 is 0 Å². The van der Waals surface area contributed by atoms with Gasteiger partial charge in [0, 0.05) is 30.9 Å². The quantitative estimate of drug-likeness (QED) is 0.0922. The number of nitrogens with zero attached hydrogens (tertiary/aromatic N) is 2. The molecule has 2 saturated heterocycles. The molecule has 0 spiro atoms. The first-order valence-electron chi connectivity index (χ1n) is 20.3. The summed E-state index contributed by atoms with van der Waals surface area (Å²) in [5, 5.41) is 52.3. The maximum absolute atomic E-state index is 14.2. The van der Waals surface area contributed by atoms with Gasteiger partial charge >= 0.3 is 11.9 Å². The molecule has 58 heavy (non-hydrogen) atoms. The number of hydrogen-bond acceptors (Lipinski definition) is 16. The Hall–Kier alpha value is -2.93. The summed E-state index contributed by atoms with van der Waals surface area (Å²) in [6.07, 6.45) is -7.48. The summed E-state index contributed by atoms with van der Waals surface area (Å²) in [4.78, 5) is 35.4. The average molecular weight is 827 g/mol. The molecule has 16 heteroatoms. The van der Waals surface area contributed by atoms with Crippen LogP contribution in [0.25, 0.3) is 0 Å². The van der Waals surface area contributed by atoms with E-state index in [1.807, 2.05) is 25.9 Å². The Bertz CT molecular complexity index is 1460. The van der Waals surface area contributed by atoms with Crippen molar-refractivity contribution < 1.29 is 68.0 Å². The second-order valence-electron chi connectivity index (χ2n) is 16.7. The largest absolute Gasteiger partial charge is 0.497 e. The average Bonchev–Trinajstić information content (AvgIpc) is 3.17. The number of aliphatic hydroxyl groups is 4. The zero-order valence-electron chi connectivity index (χ0n) is 36.5. The molecule has 1 aromatic rings. The summed E-state index contributed by atoms with van der Waals surface area (Å²) in [7, 11) is 6.77. The van der Waals surface area contributed by atoms with Gasteiger partial charge in [0.15, 0.2) is 6.29 Å². The number of carbonyl (C=O) groups excluding carboxylic acids is 2. The number of rotatable bonds is 14. The van der Waals surface area contributed by atoms with Gasteiger partial charge in [-0.15, -0.1) is 0 Å². The number of hydrogen-bond donors (Lipinski definition) is 4. The number of methoxy groups -OCH3 is 2. The molecule has 0 saturated carbocycles. The maximum Gasteiger partial charge on any atom is 0.312 e. The number of ether oxygens (including phenoxy) is 7. The van der Waals surface area contributed by atoms with Gasteiger partial charge in [-0.25, -0.2) is 0 Å². The van der Waals surface area contributed by atoms with E-state index in [0.29, 0.717) is 24.3 Å². The molecule has 2 heterocycles. The van der Waals surface area contributed by atoms with E-state index in [4.69, 9.17) is 38.0 Å². The van der Waals surface area contributed by atoms with Gasteiger partial charge in [0.2, 0.25) is 6.79 Å². The molecule has 0 aliphatic carbocycles. The number of oxime groups is 1. The highest BCUT2D eigenvalue weighted by molar-refractivity contribution is 5.88. The molecule has 3 rings (SSSR count). The lowest BCUT2D eigenvalue weighted by atomic mass is 9.73. The first-order valence-corrected chi connectivity index (χ1v) is 20.3. The lowest BCUT2D eigenvalue weighted by molar-refractivity contribution is -0.299. The Morgan fingerprint density at radius 3 is 2.24 bits per heavy atom. The molecule has 0 amide bonds. The minimum atomic E-state index is -1.99. The van der Waals surface area contributed by atoms with Crippen LogP contribution in [0.2, 0.25) is 0 Å². The van der Waals surface area contributed by atoms with Crippen molar-refractivity contribution in [1.82, 2.24) is 4.90 Å². The lowest BCUT2D eigenvalue weighted by Gasteiger charge is -2.47. The molecule has 14 atom stereocenters. The van der Waals surface area contributed by atoms with E-state index in [1.54, 1.807) is 66.0 Å². The number of aliphatic hydroxyl groups excluding tert-OH is 2. The van der Waals surface area contributed by atoms with Crippen LogP contribution in [0.4, 0.5) is 0 Å². The van der Waals surface area contributed by atoms with Crippen LogP contribution in [0.5, 0.6) is 5.75 Å². The molecule has 2 aliphatic rings. The van der Waals surface area contributed by atoms with Crippen molar-refractivity contribution in [2.45, 2.75) is 141 Å². The molecule has 1 aromatic carbocycles. The second-order valence-corrected chi connectivity index (χ2v) is 16.7. The Balaban J connectivity index is 2.18. The Labute approximate surface area is 344 Å². The highest BCUT2D eigenvalue weighted by atomic mass is 16.7. The van der Waals surface area contributed by atoms with Gasteiger partial charge in [-0.1, -0.05) is 45.0 Å². The molecular formula is C42H70N2O14. The molecule has 10 unspecified atom stereocenters. The van der Waals surface area contributed by atoms with Gasteiger partial charge in [-0.3, -0.25) is 9.59 Å². The fourth-order valence-corrected chi connectivity index (χ4v) is 8.23. The number of esters is 2. The van der Waals surface area contributed by atoms with Crippen molar-refractivity contribution in [3.05, 3.63) is 29.8 Å². The molecule has 2 fully saturated rings. The topological polar surface area (TPSA) is 204 Å². The third kappa shape index (κ3) is 12.8. The summed E-state index contributed by atoms with van der Waals surface area (Å²) in [5.41, 5.74) is -2.88. The van der Waals surface area contributed by atoms with Gasteiger partial charge < -0.3 is 63.3 Å². The standard InChI is InChI=1S/C42H70N2O14/c1-13-32-42(8,50)37(47)26(4)34(43-54-23-53-19-18-51-11)24(2)22-41(7,49)38(58-40-35(46)31(44(9)10)20-25(3)55-40)27(5)36(28(6)39(48)56-32)57-33(45)21-29-14-16-30(52-12)17-15-29/h14-17,24-28,31-32,35-38,40,46-47,49-50H,13,18-23H2,1-12H3/t24?,25-,26?,27?,28?,31+,32?,35-,36?,37?,38?,40+,41?,42?/m1/s1. The lowest BCUT2D eigenvalue weighted by Crippen LogP contribution is -2.60. The minimum Gasteiger partial charge on any atom is -0.497 e. The van der Waals surface area contributed by atoms with Gasteiger partial charge in [-0.2, -0.15) is 0 Å². The first kappa shape index (κ1) is 49.4. The van der Waals surface area contributed by atoms with Crippen LogP contribution in [-0.4, -0.2) is 151 Å². The van der Waals surface area contributed by atoms with E-state index in [-0.39, 0.29) is 50.5 Å². The van der Waals surface area contributed by atoms with Crippen molar-refractivity contribution in [2.24, 2.45) is 28.8 Å². The molecular weight excluding hydrogens is 756 g/mol. The number of likely N-dealkylation sites (N-methyl/N-ethyl adjacent to an activating group) is 1. The highest BCUT2D eigenvalue weighted by Gasteiger charge is 2.52. The zero-order chi connectivity index (χ0) is 43.5. The number of benzene rings is 1. The monoisotopic (exact) mass is 826 g/mol. The van der Waals surface area contributed by atoms with Gasteiger partial charge in [-0.05, 0) is 78.7 Å². The third-order valence-corrected chi connectivity index (χ3v) is 11.6. The van der Waals surface area contributed by atoms with Gasteiger partial charge in [0.1, 0.15) is 29.7 Å². The van der Waals surface area contributed by atoms with Crippen molar-refractivity contribution >= 4 is 17.7 Å². The first-order chi connectivity index (χ1) is 27.2. The van der Waals surface area contributed by atoms with Crippen LogP contribution in [-0.2, 0) is 49.3 Å². The molecule has 2 aliphatic heterocycles. The molecule has 0 radical (unpaired) electrons. The molecule has 16 nitrogen and oxygen atoms in total. The van der Waals surface area contributed by atoms with E-state index in [1.165, 1.54) is 21.0 Å². The molecule has 0 bridgehead atoms. The SMILES string of the molecule is CCC1OC(=O)C(C)C(OC(=O)Cc2ccc(OC)cc2)C(C)C(O[C@@H]2O[C@H](C)C[C@H](N(C)C)[C@H]2O)C(C)(O)CC(C)C(=NOCOCCOC)C(C)C(O)C1(C)O. The molecule has 332 valence electrons. The fourth-order valence-electron chi connectivity index (χ4n) is 8.23. The number of carbonyl (C=O) groups is 2. The Morgan fingerprint density at radius 1 is 1.00 bits per heavy atom. The summed E-state index contributed by atoms with van der Waals surface area (Å²) in [5.74, 6) is -4.49. The number of cyclic esters (lactones) is 1. The zero-order valence-corrected chi connectivity index (χ0v) is 36.5. The van der Waals surface area contributed by atoms with Crippen molar-refractivity contribution in [3.63, 3.8) is 0 Å². The summed E-state index contributed by atoms with van der Waals surface area (Å²) >= 11 is 0. The van der Waals surface area contributed by atoms with E-state index in [2.05, 4.69) is 5.16 Å². The van der Waals surface area contributed by atoms with Crippen LogP contribution in [0.1, 0.15) is 80.2 Å². The predicted octanol–water partition coefficient (Wildman–Crippen LogP) is 3.09. The normalized spacial score (nSPS) is 37.5. The molecule has 0 aromatic heterocycles. The van der Waals surface area contributed by atoms with Crippen molar-refractivity contribution in [1.29, 1.82) is 0 Å². The predicted molar refractivity (Wildman–Crippen MR) is 214 cm³/mol. The minimum absolute atomic E-state index is 0.0635. The smallest absolute Gasteiger partial charge is 0.312 e. The van der Waals surface area contributed by atoms with Crippen LogP contribution in [0.3, 0.4) is 0 Å². The highest BCUT2D eigenvalue weighted by Crippen LogP contribution is 2.39. The summed E-state index contributed by atoms with van der Waals surface area (Å²) < 4.78 is 40.7. The Kier molecular flexibility index (Phi) is 18.8. The van der Waals surface area contributed by atoms with E-state index >= 15 is 0 Å². The van der Waals surface area contributed by atoms with E-state index in [9.17, 15) is 30.0 Å². The second kappa shape index (κ2) is 22.1. The van der Waals surface area contributed by atoms with E-state index in [0.717, 1.165) is 0 Å². The third-order valence-electron chi connectivity index (χ3n) is 11.6.